The fourth-order valence-corrected chi connectivity index (χ4v) is 7.15. The summed E-state index contributed by atoms with van der Waals surface area (Å²) >= 11 is 0. The molecule has 0 saturated carbocycles. The molecule has 3 aromatic carbocycles. The molecule has 1 aliphatic rings. The first kappa shape index (κ1) is 36.2. The molecule has 2 aromatic heterocycles. The summed E-state index contributed by atoms with van der Waals surface area (Å²) in [5.74, 6) is 0.946. The zero-order chi connectivity index (χ0) is 36.6. The number of carbonyl (C=O) groups excluding carboxylic acids is 2. The Hall–Kier alpha value is -4.64. The van der Waals surface area contributed by atoms with Crippen LogP contribution in [0, 0.1) is 0 Å². The molecule has 5 aromatic rings. The number of carbonyl (C=O) groups is 2. The summed E-state index contributed by atoms with van der Waals surface area (Å²) in [6.07, 6.45) is -1.32. The van der Waals surface area contributed by atoms with Gasteiger partial charge in [0.15, 0.2) is 0 Å². The molecule has 1 saturated heterocycles. The van der Waals surface area contributed by atoms with Gasteiger partial charge in [-0.3, -0.25) is 9.46 Å². The summed E-state index contributed by atoms with van der Waals surface area (Å²) in [5.41, 5.74) is 0.0409. The van der Waals surface area contributed by atoms with Crippen molar-refractivity contribution in [3.05, 3.63) is 72.8 Å². The maximum absolute atomic E-state index is 13.9. The van der Waals surface area contributed by atoms with Crippen molar-refractivity contribution in [1.82, 2.24) is 19.2 Å². The summed E-state index contributed by atoms with van der Waals surface area (Å²) in [4.78, 5) is 29.8. The van der Waals surface area contributed by atoms with Gasteiger partial charge in [0.05, 0.1) is 29.9 Å². The third-order valence-corrected chi connectivity index (χ3v) is 9.89. The highest BCUT2D eigenvalue weighted by molar-refractivity contribution is 7.66. The summed E-state index contributed by atoms with van der Waals surface area (Å²) in [6, 6.07) is 21.2. The SMILES string of the molecule is CC(C)(C)OC(=O)n1nc(-c2cc3cc(OCCN4CCOCC4)ccc3n2C(=O)OC(C)(C)C)c2cc(OP(C)(=O)c3ccccc3)ccc21. The van der Waals surface area contributed by atoms with Crippen molar-refractivity contribution in [1.29, 1.82) is 0 Å². The molecule has 1 unspecified atom stereocenters. The Morgan fingerprint density at radius 1 is 0.824 bits per heavy atom. The van der Waals surface area contributed by atoms with E-state index in [9.17, 15) is 14.2 Å². The number of nitrogens with zero attached hydrogens (tertiary/aromatic N) is 4. The Bertz CT molecular complexity index is 2100. The predicted octanol–water partition coefficient (Wildman–Crippen LogP) is 7.55. The van der Waals surface area contributed by atoms with E-state index >= 15 is 0 Å². The average molecular weight is 717 g/mol. The normalized spacial score (nSPS) is 15.4. The molecule has 51 heavy (non-hydrogen) atoms. The molecule has 1 fully saturated rings. The Balaban J connectivity index is 1.46. The minimum Gasteiger partial charge on any atom is -0.492 e. The molecule has 12 nitrogen and oxygen atoms in total. The lowest BCUT2D eigenvalue weighted by atomic mass is 10.1. The molecule has 1 atom stereocenters. The minimum absolute atomic E-state index is 0.295. The number of benzene rings is 3. The molecule has 0 amide bonds. The number of morpholine rings is 1. The van der Waals surface area contributed by atoms with Gasteiger partial charge in [-0.2, -0.15) is 9.78 Å². The lowest BCUT2D eigenvalue weighted by Gasteiger charge is -2.26. The zero-order valence-corrected chi connectivity index (χ0v) is 31.1. The van der Waals surface area contributed by atoms with Gasteiger partial charge in [0.1, 0.15) is 35.0 Å². The van der Waals surface area contributed by atoms with E-state index in [2.05, 4.69) is 4.90 Å². The van der Waals surface area contributed by atoms with Crippen molar-refractivity contribution in [3.63, 3.8) is 0 Å². The molecule has 6 rings (SSSR count). The van der Waals surface area contributed by atoms with Gasteiger partial charge in [-0.1, -0.05) is 18.2 Å². The number of hydrogen-bond donors (Lipinski definition) is 0. The second-order valence-corrected chi connectivity index (χ2v) is 17.0. The van der Waals surface area contributed by atoms with Crippen LogP contribution in [-0.2, 0) is 18.8 Å². The van der Waals surface area contributed by atoms with E-state index in [-0.39, 0.29) is 0 Å². The highest BCUT2D eigenvalue weighted by Crippen LogP contribution is 2.44. The van der Waals surface area contributed by atoms with Crippen LogP contribution in [0.25, 0.3) is 33.2 Å². The first-order chi connectivity index (χ1) is 24.1. The number of fused-ring (bicyclic) bond motifs is 2. The van der Waals surface area contributed by atoms with E-state index in [1.165, 1.54) is 9.25 Å². The Morgan fingerprint density at radius 2 is 1.47 bits per heavy atom. The van der Waals surface area contributed by atoms with Crippen molar-refractivity contribution in [2.75, 3.05) is 46.1 Å². The van der Waals surface area contributed by atoms with Crippen molar-refractivity contribution in [2.45, 2.75) is 52.7 Å². The molecule has 13 heteroatoms. The minimum atomic E-state index is -3.29. The molecule has 0 N–H and O–H groups in total. The van der Waals surface area contributed by atoms with E-state index in [0.29, 0.717) is 69.8 Å². The highest BCUT2D eigenvalue weighted by atomic mass is 31.2. The van der Waals surface area contributed by atoms with Gasteiger partial charge in [-0.15, -0.1) is 0 Å². The van der Waals surface area contributed by atoms with E-state index < -0.39 is 30.8 Å². The van der Waals surface area contributed by atoms with Crippen LogP contribution in [0.5, 0.6) is 11.5 Å². The summed E-state index contributed by atoms with van der Waals surface area (Å²) in [6.45, 7) is 16.7. The van der Waals surface area contributed by atoms with Gasteiger partial charge in [0, 0.05) is 42.4 Å². The van der Waals surface area contributed by atoms with Crippen LogP contribution in [0.4, 0.5) is 9.59 Å². The van der Waals surface area contributed by atoms with E-state index in [4.69, 9.17) is 28.6 Å². The van der Waals surface area contributed by atoms with Crippen molar-refractivity contribution < 1.29 is 37.6 Å². The lowest BCUT2D eigenvalue weighted by molar-refractivity contribution is 0.0322. The monoisotopic (exact) mass is 716 g/mol. The number of hydrogen-bond acceptors (Lipinski definition) is 10. The van der Waals surface area contributed by atoms with Gasteiger partial charge in [-0.25, -0.2) is 14.2 Å². The number of aromatic nitrogens is 3. The van der Waals surface area contributed by atoms with Crippen LogP contribution in [0.2, 0.25) is 0 Å². The fourth-order valence-electron chi connectivity index (χ4n) is 5.82. The molecule has 270 valence electrons. The maximum Gasteiger partial charge on any atom is 0.435 e. The maximum atomic E-state index is 13.9. The van der Waals surface area contributed by atoms with Crippen molar-refractivity contribution >= 4 is 46.7 Å². The molecular formula is C38H45N4O8P. The second-order valence-electron chi connectivity index (χ2n) is 14.6. The van der Waals surface area contributed by atoms with Crippen molar-refractivity contribution in [2.24, 2.45) is 0 Å². The van der Waals surface area contributed by atoms with Crippen LogP contribution >= 0.6 is 7.37 Å². The number of rotatable bonds is 8. The lowest BCUT2D eigenvalue weighted by Crippen LogP contribution is -2.38. The Kier molecular flexibility index (Phi) is 10.0. The summed E-state index contributed by atoms with van der Waals surface area (Å²) < 4.78 is 45.6. The van der Waals surface area contributed by atoms with E-state index in [1.807, 2.05) is 30.3 Å². The van der Waals surface area contributed by atoms with E-state index in [0.717, 1.165) is 19.6 Å². The first-order valence-corrected chi connectivity index (χ1v) is 19.1. The van der Waals surface area contributed by atoms with Crippen molar-refractivity contribution in [3.8, 4) is 22.9 Å². The largest absolute Gasteiger partial charge is 0.492 e. The zero-order valence-electron chi connectivity index (χ0n) is 30.2. The van der Waals surface area contributed by atoms with Crippen LogP contribution in [0.3, 0.4) is 0 Å². The van der Waals surface area contributed by atoms with Gasteiger partial charge >= 0.3 is 12.2 Å². The molecule has 0 aliphatic carbocycles. The third-order valence-electron chi connectivity index (χ3n) is 8.09. The Morgan fingerprint density at radius 3 is 2.16 bits per heavy atom. The van der Waals surface area contributed by atoms with Crippen LogP contribution in [0.1, 0.15) is 41.5 Å². The standard InChI is InChI=1S/C38H45N4O8P/c1-37(2,3)48-35(43)41-31-15-13-27(47-22-19-40-17-20-46-21-18-40)23-26(31)24-33(41)34-30-25-28(50-51(7,45)29-11-9-8-10-12-29)14-16-32(30)42(39-34)36(44)49-38(4,5)6/h8-16,23-25H,17-22H2,1-7H3. The van der Waals surface area contributed by atoms with Crippen LogP contribution in [0.15, 0.2) is 72.8 Å². The molecular weight excluding hydrogens is 671 g/mol. The topological polar surface area (TPSA) is 123 Å². The fraction of sp³-hybridized carbons (Fsp3) is 0.395. The second kappa shape index (κ2) is 14.2. The molecule has 0 bridgehead atoms. The predicted molar refractivity (Wildman–Crippen MR) is 197 cm³/mol. The summed E-state index contributed by atoms with van der Waals surface area (Å²) in [5, 5.41) is 6.47. The molecule has 0 radical (unpaired) electrons. The molecule has 0 spiro atoms. The Labute approximate surface area is 297 Å². The molecule has 3 heterocycles. The van der Waals surface area contributed by atoms with E-state index in [1.54, 1.807) is 90.7 Å². The average Bonchev–Trinajstić information content (AvgIpc) is 3.62. The third kappa shape index (κ3) is 8.47. The quantitative estimate of drug-likeness (QED) is 0.149. The van der Waals surface area contributed by atoms with Gasteiger partial charge in [0.25, 0.3) is 7.37 Å². The molecule has 1 aliphatic heterocycles. The van der Waals surface area contributed by atoms with Gasteiger partial charge in [-0.05, 0) is 96.1 Å². The van der Waals surface area contributed by atoms with Crippen LogP contribution in [-0.4, -0.2) is 88.8 Å². The highest BCUT2D eigenvalue weighted by Gasteiger charge is 2.29. The smallest absolute Gasteiger partial charge is 0.435 e. The summed E-state index contributed by atoms with van der Waals surface area (Å²) in [7, 11) is -3.29. The van der Waals surface area contributed by atoms with Gasteiger partial charge in [0.2, 0.25) is 0 Å². The first-order valence-electron chi connectivity index (χ1n) is 17.0. The number of ether oxygens (including phenoxy) is 4. The van der Waals surface area contributed by atoms with Crippen LogP contribution < -0.4 is 14.6 Å². The van der Waals surface area contributed by atoms with Gasteiger partial charge < -0.3 is 23.5 Å².